The normalized spacial score (nSPS) is 10.2. The van der Waals surface area contributed by atoms with Crippen molar-refractivity contribution in [2.24, 2.45) is 0 Å². The topological polar surface area (TPSA) is 57.8 Å². The van der Waals surface area contributed by atoms with Gasteiger partial charge in [0.1, 0.15) is 5.82 Å². The zero-order valence-corrected chi connectivity index (χ0v) is 10.2. The Labute approximate surface area is 106 Å². The van der Waals surface area contributed by atoms with Crippen molar-refractivity contribution in [3.63, 3.8) is 0 Å². The van der Waals surface area contributed by atoms with E-state index >= 15 is 0 Å². The van der Waals surface area contributed by atoms with Crippen LogP contribution >= 0.6 is 0 Å². The first-order valence-electron chi connectivity index (χ1n) is 6.13. The highest BCUT2D eigenvalue weighted by molar-refractivity contribution is 5.76. The molecule has 0 aliphatic carbocycles. The fourth-order valence-electron chi connectivity index (χ4n) is 1.75. The smallest absolute Gasteiger partial charge is 0.220 e. The summed E-state index contributed by atoms with van der Waals surface area (Å²) in [5.41, 5.74) is 1.19. The van der Waals surface area contributed by atoms with Gasteiger partial charge in [0.15, 0.2) is 0 Å². The molecular weight excluding hydrogens is 226 g/mol. The Hall–Kier alpha value is -2.10. The van der Waals surface area contributed by atoms with Gasteiger partial charge in [-0.2, -0.15) is 0 Å². The van der Waals surface area contributed by atoms with Crippen molar-refractivity contribution in [1.82, 2.24) is 15.3 Å². The number of carbonyl (C=O) groups is 1. The largest absolute Gasteiger partial charge is 0.356 e. The van der Waals surface area contributed by atoms with Crippen molar-refractivity contribution < 1.29 is 4.79 Å². The van der Waals surface area contributed by atoms with Crippen LogP contribution in [0, 0.1) is 0 Å². The number of aryl methyl sites for hydroxylation is 1. The molecule has 0 spiro atoms. The molecule has 2 rings (SSSR count). The Morgan fingerprint density at radius 2 is 2.06 bits per heavy atom. The molecule has 0 bridgehead atoms. The molecule has 2 aromatic rings. The number of rotatable bonds is 6. The molecule has 1 aromatic carbocycles. The van der Waals surface area contributed by atoms with Crippen LogP contribution in [0.25, 0.3) is 0 Å². The van der Waals surface area contributed by atoms with E-state index in [1.54, 1.807) is 12.4 Å². The molecule has 1 amide bonds. The summed E-state index contributed by atoms with van der Waals surface area (Å²) >= 11 is 0. The van der Waals surface area contributed by atoms with Crippen molar-refractivity contribution in [1.29, 1.82) is 0 Å². The van der Waals surface area contributed by atoms with Gasteiger partial charge in [-0.05, 0) is 12.0 Å². The van der Waals surface area contributed by atoms with Crippen LogP contribution in [0.4, 0.5) is 0 Å². The third-order valence-electron chi connectivity index (χ3n) is 2.72. The predicted octanol–water partition coefficient (Wildman–Crippen LogP) is 1.70. The molecule has 0 unspecified atom stereocenters. The fourth-order valence-corrected chi connectivity index (χ4v) is 1.75. The summed E-state index contributed by atoms with van der Waals surface area (Å²) < 4.78 is 0. The first-order valence-corrected chi connectivity index (χ1v) is 6.13. The fraction of sp³-hybridized carbons (Fsp3) is 0.286. The highest BCUT2D eigenvalue weighted by atomic mass is 16.1. The van der Waals surface area contributed by atoms with E-state index in [2.05, 4.69) is 15.3 Å². The van der Waals surface area contributed by atoms with E-state index in [0.717, 1.165) is 18.7 Å². The molecule has 0 radical (unpaired) electrons. The molecule has 0 saturated carbocycles. The van der Waals surface area contributed by atoms with Crippen molar-refractivity contribution in [2.75, 3.05) is 6.54 Å². The van der Waals surface area contributed by atoms with Crippen LogP contribution in [0.15, 0.2) is 42.7 Å². The van der Waals surface area contributed by atoms with Crippen LogP contribution < -0.4 is 5.32 Å². The highest BCUT2D eigenvalue weighted by Gasteiger charge is 2.02. The Morgan fingerprint density at radius 1 is 1.22 bits per heavy atom. The lowest BCUT2D eigenvalue weighted by molar-refractivity contribution is -0.121. The molecule has 0 aliphatic heterocycles. The zero-order valence-electron chi connectivity index (χ0n) is 10.2. The minimum absolute atomic E-state index is 0.0883. The minimum Gasteiger partial charge on any atom is -0.356 e. The van der Waals surface area contributed by atoms with Crippen LogP contribution in [0.2, 0.25) is 0 Å². The summed E-state index contributed by atoms with van der Waals surface area (Å²) in [6.45, 7) is 0.626. The molecule has 0 atom stereocenters. The van der Waals surface area contributed by atoms with Crippen molar-refractivity contribution in [3.8, 4) is 0 Å². The summed E-state index contributed by atoms with van der Waals surface area (Å²) in [5, 5.41) is 2.89. The predicted molar refractivity (Wildman–Crippen MR) is 70.1 cm³/mol. The lowest BCUT2D eigenvalue weighted by atomic mass is 10.1. The molecule has 1 aromatic heterocycles. The Bertz CT molecular complexity index is 465. The van der Waals surface area contributed by atoms with Crippen molar-refractivity contribution >= 4 is 5.91 Å². The summed E-state index contributed by atoms with van der Waals surface area (Å²) in [7, 11) is 0. The van der Waals surface area contributed by atoms with Gasteiger partial charge in [-0.3, -0.25) is 4.79 Å². The van der Waals surface area contributed by atoms with E-state index in [4.69, 9.17) is 0 Å². The maximum Gasteiger partial charge on any atom is 0.220 e. The number of amides is 1. The first kappa shape index (κ1) is 12.4. The molecule has 2 N–H and O–H groups in total. The Balaban J connectivity index is 1.63. The molecule has 94 valence electrons. The number of hydrogen-bond donors (Lipinski definition) is 2. The van der Waals surface area contributed by atoms with Crippen LogP contribution in [0.3, 0.4) is 0 Å². The molecular formula is C14H17N3O. The van der Waals surface area contributed by atoms with Crippen LogP contribution in [-0.4, -0.2) is 22.4 Å². The molecule has 0 fully saturated rings. The van der Waals surface area contributed by atoms with Gasteiger partial charge in [0, 0.05) is 31.8 Å². The number of hydrogen-bond acceptors (Lipinski definition) is 2. The average molecular weight is 243 g/mol. The van der Waals surface area contributed by atoms with E-state index in [1.807, 2.05) is 30.3 Å². The van der Waals surface area contributed by atoms with Gasteiger partial charge in [0.05, 0.1) is 0 Å². The van der Waals surface area contributed by atoms with Gasteiger partial charge < -0.3 is 10.3 Å². The lowest BCUT2D eigenvalue weighted by Gasteiger charge is -2.04. The molecule has 0 saturated heterocycles. The number of aromatic nitrogens is 2. The molecule has 18 heavy (non-hydrogen) atoms. The summed E-state index contributed by atoms with van der Waals surface area (Å²) in [6.07, 6.45) is 5.55. The Kier molecular flexibility index (Phi) is 4.53. The van der Waals surface area contributed by atoms with Gasteiger partial charge in [0.2, 0.25) is 5.91 Å². The van der Waals surface area contributed by atoms with Gasteiger partial charge >= 0.3 is 0 Å². The van der Waals surface area contributed by atoms with E-state index in [9.17, 15) is 4.79 Å². The van der Waals surface area contributed by atoms with E-state index < -0.39 is 0 Å². The first-order chi connectivity index (χ1) is 8.84. The summed E-state index contributed by atoms with van der Waals surface area (Å²) in [4.78, 5) is 18.7. The number of H-pyrrole nitrogens is 1. The van der Waals surface area contributed by atoms with Gasteiger partial charge in [-0.25, -0.2) is 4.98 Å². The third kappa shape index (κ3) is 4.05. The maximum atomic E-state index is 11.6. The number of nitrogens with one attached hydrogen (secondary N) is 2. The van der Waals surface area contributed by atoms with E-state index in [-0.39, 0.29) is 5.91 Å². The van der Waals surface area contributed by atoms with Crippen molar-refractivity contribution in [3.05, 3.63) is 54.1 Å². The SMILES string of the molecule is O=C(CCc1ccccc1)NCCc1ncc[nH]1. The van der Waals surface area contributed by atoms with Crippen LogP contribution in [0.5, 0.6) is 0 Å². The quantitative estimate of drug-likeness (QED) is 0.811. The van der Waals surface area contributed by atoms with Gasteiger partial charge in [-0.1, -0.05) is 30.3 Å². The second-order valence-corrected chi connectivity index (χ2v) is 4.12. The maximum absolute atomic E-state index is 11.6. The zero-order chi connectivity index (χ0) is 12.6. The van der Waals surface area contributed by atoms with E-state index in [0.29, 0.717) is 13.0 Å². The number of carbonyl (C=O) groups excluding carboxylic acids is 1. The number of benzene rings is 1. The van der Waals surface area contributed by atoms with Crippen LogP contribution in [-0.2, 0) is 17.6 Å². The number of aromatic amines is 1. The summed E-state index contributed by atoms with van der Waals surface area (Å²) in [5.74, 6) is 0.990. The lowest BCUT2D eigenvalue weighted by Crippen LogP contribution is -2.26. The monoisotopic (exact) mass is 243 g/mol. The summed E-state index contributed by atoms with van der Waals surface area (Å²) in [6, 6.07) is 10.0. The number of nitrogens with zero attached hydrogens (tertiary/aromatic N) is 1. The molecule has 4 heteroatoms. The highest BCUT2D eigenvalue weighted by Crippen LogP contribution is 2.01. The number of imidazole rings is 1. The van der Waals surface area contributed by atoms with Crippen molar-refractivity contribution in [2.45, 2.75) is 19.3 Å². The van der Waals surface area contributed by atoms with Crippen LogP contribution in [0.1, 0.15) is 17.8 Å². The molecule has 0 aliphatic rings. The van der Waals surface area contributed by atoms with Gasteiger partial charge in [-0.15, -0.1) is 0 Å². The second-order valence-electron chi connectivity index (χ2n) is 4.12. The Morgan fingerprint density at radius 3 is 2.78 bits per heavy atom. The van der Waals surface area contributed by atoms with E-state index in [1.165, 1.54) is 5.56 Å². The molecule has 4 nitrogen and oxygen atoms in total. The molecule has 1 heterocycles. The second kappa shape index (κ2) is 6.59. The standard InChI is InChI=1S/C14H17N3O/c18-14(7-6-12-4-2-1-3-5-12)17-9-8-13-15-10-11-16-13/h1-5,10-11H,6-9H2,(H,15,16)(H,17,18). The third-order valence-corrected chi connectivity index (χ3v) is 2.72. The minimum atomic E-state index is 0.0883. The average Bonchev–Trinajstić information content (AvgIpc) is 2.91. The van der Waals surface area contributed by atoms with Gasteiger partial charge in [0.25, 0.3) is 0 Å².